The Hall–Kier alpha value is -1.33. The Morgan fingerprint density at radius 2 is 2.00 bits per heavy atom. The summed E-state index contributed by atoms with van der Waals surface area (Å²) in [5, 5.41) is 0. The van der Waals surface area contributed by atoms with Crippen molar-refractivity contribution in [2.24, 2.45) is 5.73 Å². The van der Waals surface area contributed by atoms with Gasteiger partial charge in [-0.1, -0.05) is 12.1 Å². The second kappa shape index (κ2) is 5.41. The first-order valence-electron chi connectivity index (χ1n) is 4.64. The third-order valence-electron chi connectivity index (χ3n) is 2.06. The highest BCUT2D eigenvalue weighted by atomic mass is 19.1. The molecular weight excluding hydrogens is 177 g/mol. The Labute approximate surface area is 84.1 Å². The lowest BCUT2D eigenvalue weighted by molar-refractivity contribution is 0.621. The van der Waals surface area contributed by atoms with Gasteiger partial charge in [-0.25, -0.2) is 4.39 Å². The minimum atomic E-state index is -0.228. The molecule has 1 unspecified atom stereocenters. The Kier molecular flexibility index (Phi) is 4.15. The first-order valence-corrected chi connectivity index (χ1v) is 4.64. The molecule has 2 heteroatoms. The molecule has 74 valence electrons. The first-order chi connectivity index (χ1) is 6.74. The molecular formula is C12H14FN. The van der Waals surface area contributed by atoms with Crippen LogP contribution in [0.3, 0.4) is 0 Å². The van der Waals surface area contributed by atoms with Crippen LogP contribution in [0.15, 0.2) is 24.3 Å². The summed E-state index contributed by atoms with van der Waals surface area (Å²) >= 11 is 0. The van der Waals surface area contributed by atoms with E-state index in [9.17, 15) is 4.39 Å². The zero-order valence-electron chi connectivity index (χ0n) is 8.26. The average molecular weight is 191 g/mol. The van der Waals surface area contributed by atoms with Crippen LogP contribution in [0.25, 0.3) is 0 Å². The van der Waals surface area contributed by atoms with Gasteiger partial charge in [-0.3, -0.25) is 0 Å². The molecule has 0 saturated heterocycles. The fourth-order valence-corrected chi connectivity index (χ4v) is 1.23. The van der Waals surface area contributed by atoms with Crippen molar-refractivity contribution in [3.63, 3.8) is 0 Å². The third kappa shape index (κ3) is 3.20. The normalized spacial score (nSPS) is 11.6. The highest BCUT2D eigenvalue weighted by molar-refractivity contribution is 5.19. The Morgan fingerprint density at radius 3 is 2.57 bits per heavy atom. The fourth-order valence-electron chi connectivity index (χ4n) is 1.23. The van der Waals surface area contributed by atoms with E-state index < -0.39 is 0 Å². The van der Waals surface area contributed by atoms with E-state index in [4.69, 9.17) is 5.73 Å². The van der Waals surface area contributed by atoms with Crippen LogP contribution in [0.1, 0.15) is 31.4 Å². The molecule has 1 aromatic rings. The maximum absolute atomic E-state index is 12.6. The van der Waals surface area contributed by atoms with Crippen molar-refractivity contribution in [1.29, 1.82) is 0 Å². The summed E-state index contributed by atoms with van der Waals surface area (Å²) < 4.78 is 12.6. The minimum absolute atomic E-state index is 0.0450. The summed E-state index contributed by atoms with van der Waals surface area (Å²) in [6, 6.07) is 6.26. The molecule has 1 atom stereocenters. The number of hydrogen-bond donors (Lipinski definition) is 1. The van der Waals surface area contributed by atoms with Gasteiger partial charge in [0.25, 0.3) is 0 Å². The molecule has 0 spiro atoms. The molecule has 0 radical (unpaired) electrons. The predicted molar refractivity (Wildman–Crippen MR) is 56.0 cm³/mol. The zero-order valence-corrected chi connectivity index (χ0v) is 8.26. The number of rotatable bonds is 3. The van der Waals surface area contributed by atoms with Crippen molar-refractivity contribution in [2.75, 3.05) is 0 Å². The minimum Gasteiger partial charge on any atom is -0.324 e. The highest BCUT2D eigenvalue weighted by Crippen LogP contribution is 2.15. The SMILES string of the molecule is CC#CCCC(N)c1ccc(F)cc1. The Morgan fingerprint density at radius 1 is 1.36 bits per heavy atom. The predicted octanol–water partition coefficient (Wildman–Crippen LogP) is 2.63. The second-order valence-electron chi connectivity index (χ2n) is 3.12. The van der Waals surface area contributed by atoms with Crippen LogP contribution in [0.4, 0.5) is 4.39 Å². The van der Waals surface area contributed by atoms with E-state index in [2.05, 4.69) is 11.8 Å². The summed E-state index contributed by atoms with van der Waals surface area (Å²) in [6.07, 6.45) is 1.60. The van der Waals surface area contributed by atoms with E-state index in [0.29, 0.717) is 0 Å². The van der Waals surface area contributed by atoms with Crippen LogP contribution >= 0.6 is 0 Å². The molecule has 0 amide bonds. The number of hydrogen-bond acceptors (Lipinski definition) is 1. The molecule has 0 bridgehead atoms. The van der Waals surface area contributed by atoms with E-state index in [-0.39, 0.29) is 11.9 Å². The smallest absolute Gasteiger partial charge is 0.123 e. The van der Waals surface area contributed by atoms with Gasteiger partial charge >= 0.3 is 0 Å². The van der Waals surface area contributed by atoms with Gasteiger partial charge in [0.1, 0.15) is 5.82 Å². The van der Waals surface area contributed by atoms with Gasteiger partial charge in [0.05, 0.1) is 0 Å². The molecule has 0 aliphatic heterocycles. The number of nitrogens with two attached hydrogens (primary N) is 1. The van der Waals surface area contributed by atoms with Gasteiger partial charge in [-0.15, -0.1) is 11.8 Å². The highest BCUT2D eigenvalue weighted by Gasteiger charge is 2.04. The van der Waals surface area contributed by atoms with Gasteiger partial charge in [-0.2, -0.15) is 0 Å². The summed E-state index contributed by atoms with van der Waals surface area (Å²) in [4.78, 5) is 0. The lowest BCUT2D eigenvalue weighted by Crippen LogP contribution is -2.09. The van der Waals surface area contributed by atoms with Crippen LogP contribution in [-0.2, 0) is 0 Å². The van der Waals surface area contributed by atoms with E-state index in [1.54, 1.807) is 12.1 Å². The molecule has 1 rings (SSSR count). The maximum Gasteiger partial charge on any atom is 0.123 e. The molecule has 2 N–H and O–H groups in total. The lowest BCUT2D eigenvalue weighted by Gasteiger charge is -2.09. The second-order valence-corrected chi connectivity index (χ2v) is 3.12. The van der Waals surface area contributed by atoms with Crippen molar-refractivity contribution in [2.45, 2.75) is 25.8 Å². The maximum atomic E-state index is 12.6. The van der Waals surface area contributed by atoms with Crippen LogP contribution in [0.2, 0.25) is 0 Å². The van der Waals surface area contributed by atoms with Gasteiger partial charge in [0.2, 0.25) is 0 Å². The molecule has 14 heavy (non-hydrogen) atoms. The lowest BCUT2D eigenvalue weighted by atomic mass is 10.0. The van der Waals surface area contributed by atoms with Crippen molar-refractivity contribution in [1.82, 2.24) is 0 Å². The van der Waals surface area contributed by atoms with E-state index in [1.807, 2.05) is 6.92 Å². The number of halogens is 1. The third-order valence-corrected chi connectivity index (χ3v) is 2.06. The van der Waals surface area contributed by atoms with Crippen LogP contribution in [0.5, 0.6) is 0 Å². The largest absolute Gasteiger partial charge is 0.324 e. The van der Waals surface area contributed by atoms with Crippen molar-refractivity contribution < 1.29 is 4.39 Å². The molecule has 1 nitrogen and oxygen atoms in total. The quantitative estimate of drug-likeness (QED) is 0.730. The van der Waals surface area contributed by atoms with Gasteiger partial charge in [0, 0.05) is 12.5 Å². The standard InChI is InChI=1S/C12H14FN/c1-2-3-4-5-12(14)10-6-8-11(13)9-7-10/h6-9,12H,4-5,14H2,1H3. The van der Waals surface area contributed by atoms with E-state index in [0.717, 1.165) is 18.4 Å². The van der Waals surface area contributed by atoms with Crippen molar-refractivity contribution in [3.8, 4) is 11.8 Å². The molecule has 0 fully saturated rings. The molecule has 0 aromatic heterocycles. The number of benzene rings is 1. The van der Waals surface area contributed by atoms with Gasteiger partial charge < -0.3 is 5.73 Å². The molecule has 0 heterocycles. The summed E-state index contributed by atoms with van der Waals surface area (Å²) in [5.74, 6) is 5.55. The van der Waals surface area contributed by atoms with Crippen LogP contribution in [0, 0.1) is 17.7 Å². The van der Waals surface area contributed by atoms with Crippen LogP contribution in [-0.4, -0.2) is 0 Å². The van der Waals surface area contributed by atoms with E-state index >= 15 is 0 Å². The Balaban J connectivity index is 2.54. The van der Waals surface area contributed by atoms with Crippen molar-refractivity contribution in [3.05, 3.63) is 35.6 Å². The molecule has 0 aliphatic carbocycles. The summed E-state index contributed by atoms with van der Waals surface area (Å²) in [5.41, 5.74) is 6.86. The Bertz CT molecular complexity index is 332. The zero-order chi connectivity index (χ0) is 10.4. The average Bonchev–Trinajstić information content (AvgIpc) is 2.19. The molecule has 0 saturated carbocycles. The first kappa shape index (κ1) is 10.7. The molecule has 0 aliphatic rings. The van der Waals surface area contributed by atoms with Crippen molar-refractivity contribution >= 4 is 0 Å². The topological polar surface area (TPSA) is 26.0 Å². The van der Waals surface area contributed by atoms with Crippen LogP contribution < -0.4 is 5.73 Å². The fraction of sp³-hybridized carbons (Fsp3) is 0.333. The monoisotopic (exact) mass is 191 g/mol. The molecule has 1 aromatic carbocycles. The summed E-state index contributed by atoms with van der Waals surface area (Å²) in [6.45, 7) is 1.81. The van der Waals surface area contributed by atoms with E-state index in [1.165, 1.54) is 12.1 Å². The summed E-state index contributed by atoms with van der Waals surface area (Å²) in [7, 11) is 0. The van der Waals surface area contributed by atoms with Gasteiger partial charge in [-0.05, 0) is 31.0 Å². The van der Waals surface area contributed by atoms with Gasteiger partial charge in [0.15, 0.2) is 0 Å².